The van der Waals surface area contributed by atoms with E-state index in [0.29, 0.717) is 37.6 Å². The second-order valence-electron chi connectivity index (χ2n) is 6.39. The van der Waals surface area contributed by atoms with Crippen LogP contribution in [0.5, 0.6) is 0 Å². The number of likely N-dealkylation sites (tertiary alicyclic amines) is 1. The molecule has 1 saturated heterocycles. The summed E-state index contributed by atoms with van der Waals surface area (Å²) in [7, 11) is 0. The Bertz CT molecular complexity index is 495. The van der Waals surface area contributed by atoms with Crippen LogP contribution in [-0.2, 0) is 11.2 Å². The van der Waals surface area contributed by atoms with Crippen LogP contribution in [0.4, 0.5) is 4.79 Å². The van der Waals surface area contributed by atoms with Crippen molar-refractivity contribution in [1.82, 2.24) is 15.0 Å². The summed E-state index contributed by atoms with van der Waals surface area (Å²) >= 11 is 0. The summed E-state index contributed by atoms with van der Waals surface area (Å²) < 4.78 is 10.7. The summed E-state index contributed by atoms with van der Waals surface area (Å²) in [5, 5.41) is 3.90. The third-order valence-electron chi connectivity index (χ3n) is 3.44. The molecule has 2 rings (SSSR count). The molecule has 0 aromatic carbocycles. The van der Waals surface area contributed by atoms with Crippen LogP contribution < -0.4 is 5.73 Å². The average Bonchev–Trinajstić information content (AvgIpc) is 2.85. The highest BCUT2D eigenvalue weighted by atomic mass is 16.6. The molecule has 1 aromatic heterocycles. The normalized spacial score (nSPS) is 23.2. The summed E-state index contributed by atoms with van der Waals surface area (Å²) in [6.07, 6.45) is 1.07. The van der Waals surface area contributed by atoms with Crippen molar-refractivity contribution >= 4 is 6.09 Å². The quantitative estimate of drug-likeness (QED) is 0.892. The van der Waals surface area contributed by atoms with Crippen molar-refractivity contribution in [2.24, 2.45) is 5.73 Å². The number of rotatable bonds is 2. The molecule has 2 atom stereocenters. The van der Waals surface area contributed by atoms with Crippen LogP contribution in [0.3, 0.4) is 0 Å². The van der Waals surface area contributed by atoms with E-state index in [9.17, 15) is 4.79 Å². The second kappa shape index (κ2) is 6.01. The Hall–Kier alpha value is -1.63. The Kier molecular flexibility index (Phi) is 4.51. The van der Waals surface area contributed by atoms with Gasteiger partial charge in [-0.25, -0.2) is 4.79 Å². The van der Waals surface area contributed by atoms with E-state index < -0.39 is 5.60 Å². The lowest BCUT2D eigenvalue weighted by Gasteiger charge is -2.35. The van der Waals surface area contributed by atoms with Gasteiger partial charge in [0.15, 0.2) is 5.82 Å². The van der Waals surface area contributed by atoms with Gasteiger partial charge in [0, 0.05) is 25.6 Å². The van der Waals surface area contributed by atoms with E-state index in [0.717, 1.165) is 0 Å². The molecule has 0 saturated carbocycles. The molecule has 1 amide bonds. The van der Waals surface area contributed by atoms with Crippen molar-refractivity contribution < 1.29 is 14.1 Å². The van der Waals surface area contributed by atoms with Gasteiger partial charge in [-0.15, -0.1) is 0 Å². The van der Waals surface area contributed by atoms with Gasteiger partial charge >= 0.3 is 6.09 Å². The van der Waals surface area contributed by atoms with Crippen LogP contribution in [0, 0.1) is 0 Å². The molecule has 0 spiro atoms. The van der Waals surface area contributed by atoms with Crippen LogP contribution in [0.2, 0.25) is 0 Å². The number of hydrogen-bond acceptors (Lipinski definition) is 6. The highest BCUT2D eigenvalue weighted by molar-refractivity contribution is 5.68. The Morgan fingerprint density at radius 3 is 2.81 bits per heavy atom. The first-order chi connectivity index (χ1) is 9.80. The number of nitrogens with zero attached hydrogens (tertiary/aromatic N) is 3. The van der Waals surface area contributed by atoms with Crippen molar-refractivity contribution in [3.63, 3.8) is 0 Å². The number of carbonyl (C=O) groups excluding carboxylic acids is 1. The maximum atomic E-state index is 12.2. The molecule has 0 unspecified atom stereocenters. The molecule has 0 bridgehead atoms. The van der Waals surface area contributed by atoms with Crippen molar-refractivity contribution in [2.75, 3.05) is 13.1 Å². The van der Waals surface area contributed by atoms with Crippen LogP contribution in [-0.4, -0.2) is 45.9 Å². The van der Waals surface area contributed by atoms with Gasteiger partial charge in [0.1, 0.15) is 5.60 Å². The number of nitrogens with two attached hydrogens (primary N) is 1. The van der Waals surface area contributed by atoms with Crippen molar-refractivity contribution in [3.05, 3.63) is 11.7 Å². The molecular formula is C14H24N4O3. The molecule has 2 N–H and O–H groups in total. The molecule has 1 fully saturated rings. The summed E-state index contributed by atoms with van der Waals surface area (Å²) in [5.74, 6) is 1.03. The van der Waals surface area contributed by atoms with Gasteiger partial charge in [-0.1, -0.05) is 12.1 Å². The maximum absolute atomic E-state index is 12.2. The van der Waals surface area contributed by atoms with E-state index in [1.165, 1.54) is 0 Å². The van der Waals surface area contributed by atoms with E-state index in [2.05, 4.69) is 10.1 Å². The van der Waals surface area contributed by atoms with Gasteiger partial charge in [0.2, 0.25) is 5.89 Å². The third kappa shape index (κ3) is 3.93. The highest BCUT2D eigenvalue weighted by Crippen LogP contribution is 2.26. The standard InChI is InChI=1S/C14H24N4O3/c1-5-11-16-12(21-17-11)9-8-18(7-6-10(9)15)13(19)20-14(2,3)4/h9-10H,5-8,15H2,1-4H3/t9-,10+/m0/s1. The second-order valence-corrected chi connectivity index (χ2v) is 6.39. The first-order valence-corrected chi connectivity index (χ1v) is 7.36. The number of ether oxygens (including phenoxy) is 1. The third-order valence-corrected chi connectivity index (χ3v) is 3.44. The summed E-state index contributed by atoms with van der Waals surface area (Å²) in [5.41, 5.74) is 5.64. The lowest BCUT2D eigenvalue weighted by molar-refractivity contribution is 0.0175. The van der Waals surface area contributed by atoms with Crippen LogP contribution >= 0.6 is 0 Å². The Balaban J connectivity index is 2.07. The van der Waals surface area contributed by atoms with Gasteiger partial charge in [-0.3, -0.25) is 0 Å². The lowest BCUT2D eigenvalue weighted by atomic mass is 9.93. The van der Waals surface area contributed by atoms with E-state index in [1.807, 2.05) is 27.7 Å². The molecule has 1 aromatic rings. The zero-order valence-electron chi connectivity index (χ0n) is 13.1. The zero-order chi connectivity index (χ0) is 15.6. The van der Waals surface area contributed by atoms with Crippen molar-refractivity contribution in [3.8, 4) is 0 Å². The average molecular weight is 296 g/mol. The topological polar surface area (TPSA) is 94.5 Å². The largest absolute Gasteiger partial charge is 0.444 e. The first-order valence-electron chi connectivity index (χ1n) is 7.36. The number of aromatic nitrogens is 2. The highest BCUT2D eigenvalue weighted by Gasteiger charge is 2.35. The van der Waals surface area contributed by atoms with E-state index in [1.54, 1.807) is 4.90 Å². The molecule has 2 heterocycles. The minimum absolute atomic E-state index is 0.0890. The van der Waals surface area contributed by atoms with E-state index >= 15 is 0 Å². The number of hydrogen-bond donors (Lipinski definition) is 1. The van der Waals surface area contributed by atoms with Crippen molar-refractivity contribution in [2.45, 2.75) is 58.1 Å². The Morgan fingerprint density at radius 2 is 2.24 bits per heavy atom. The number of aryl methyl sites for hydroxylation is 1. The molecule has 0 radical (unpaired) electrons. The monoisotopic (exact) mass is 296 g/mol. The summed E-state index contributed by atoms with van der Waals surface area (Å²) in [6, 6.07) is -0.0890. The molecule has 1 aliphatic heterocycles. The fourth-order valence-corrected chi connectivity index (χ4v) is 2.29. The minimum atomic E-state index is -0.508. The lowest BCUT2D eigenvalue weighted by Crippen LogP contribution is -2.49. The van der Waals surface area contributed by atoms with Gasteiger partial charge < -0.3 is 19.9 Å². The maximum Gasteiger partial charge on any atom is 0.410 e. The van der Waals surface area contributed by atoms with Gasteiger partial charge in [-0.05, 0) is 27.2 Å². The predicted molar refractivity (Wildman–Crippen MR) is 76.8 cm³/mol. The molecule has 21 heavy (non-hydrogen) atoms. The molecule has 1 aliphatic rings. The molecule has 0 aliphatic carbocycles. The van der Waals surface area contributed by atoms with Gasteiger partial charge in [-0.2, -0.15) is 4.98 Å². The molecule has 7 heteroatoms. The predicted octanol–water partition coefficient (Wildman–Crippen LogP) is 1.68. The fourth-order valence-electron chi connectivity index (χ4n) is 2.29. The smallest absolute Gasteiger partial charge is 0.410 e. The zero-order valence-corrected chi connectivity index (χ0v) is 13.1. The SMILES string of the molecule is CCc1noc([C@H]2CN(C(=O)OC(C)(C)C)CC[C@H]2N)n1. The number of carbonyl (C=O) groups is 1. The Labute approximate surface area is 124 Å². The summed E-state index contributed by atoms with van der Waals surface area (Å²) in [6.45, 7) is 8.54. The van der Waals surface area contributed by atoms with Crippen LogP contribution in [0.1, 0.15) is 51.7 Å². The number of amides is 1. The van der Waals surface area contributed by atoms with Gasteiger partial charge in [0.05, 0.1) is 5.92 Å². The van der Waals surface area contributed by atoms with Crippen LogP contribution in [0.25, 0.3) is 0 Å². The van der Waals surface area contributed by atoms with E-state index in [4.69, 9.17) is 15.0 Å². The molecule has 118 valence electrons. The van der Waals surface area contributed by atoms with Gasteiger partial charge in [0.25, 0.3) is 0 Å². The fraction of sp³-hybridized carbons (Fsp3) is 0.786. The first kappa shape index (κ1) is 15.8. The van der Waals surface area contributed by atoms with Crippen molar-refractivity contribution in [1.29, 1.82) is 0 Å². The van der Waals surface area contributed by atoms with E-state index in [-0.39, 0.29) is 18.1 Å². The van der Waals surface area contributed by atoms with Crippen LogP contribution in [0.15, 0.2) is 4.52 Å². The minimum Gasteiger partial charge on any atom is -0.444 e. The molecule has 7 nitrogen and oxygen atoms in total. The summed E-state index contributed by atoms with van der Waals surface area (Å²) in [4.78, 5) is 18.2. The number of piperidine rings is 1. The molecular weight excluding hydrogens is 272 g/mol. The Morgan fingerprint density at radius 1 is 1.52 bits per heavy atom.